The van der Waals surface area contributed by atoms with E-state index < -0.39 is 0 Å². The first-order valence-electron chi connectivity index (χ1n) is 4.20. The minimum Gasteiger partial charge on any atom is -0.460 e. The lowest BCUT2D eigenvalue weighted by Crippen LogP contribution is -2.03. The molecule has 0 atom stereocenters. The van der Waals surface area contributed by atoms with Crippen LogP contribution in [0.1, 0.15) is 5.76 Å². The highest BCUT2D eigenvalue weighted by Crippen LogP contribution is 2.21. The molecular formula is C10H10N2OS. The summed E-state index contributed by atoms with van der Waals surface area (Å²) in [5.41, 5.74) is 6.12. The van der Waals surface area contributed by atoms with Crippen molar-refractivity contribution in [1.82, 2.24) is 0 Å². The molecule has 0 saturated heterocycles. The summed E-state index contributed by atoms with van der Waals surface area (Å²) in [5, 5.41) is 8.28. The molecule has 0 spiro atoms. The molecule has 3 N–H and O–H groups in total. The SMILES string of the molecule is N=C(N)SCc1cc2ccccc2o1. The van der Waals surface area contributed by atoms with Crippen LogP contribution in [0, 0.1) is 5.41 Å². The first-order chi connectivity index (χ1) is 6.75. The van der Waals surface area contributed by atoms with Crippen LogP contribution >= 0.6 is 11.8 Å². The van der Waals surface area contributed by atoms with E-state index in [-0.39, 0.29) is 5.17 Å². The molecule has 0 bridgehead atoms. The number of para-hydroxylation sites is 1. The summed E-state index contributed by atoms with van der Waals surface area (Å²) >= 11 is 1.27. The molecule has 0 amide bonds. The molecular weight excluding hydrogens is 196 g/mol. The van der Waals surface area contributed by atoms with Crippen molar-refractivity contribution in [1.29, 1.82) is 5.41 Å². The fourth-order valence-corrected chi connectivity index (χ4v) is 1.70. The largest absolute Gasteiger partial charge is 0.460 e. The molecule has 0 aliphatic rings. The Labute approximate surface area is 85.8 Å². The molecule has 1 heterocycles. The van der Waals surface area contributed by atoms with Crippen molar-refractivity contribution in [3.8, 4) is 0 Å². The van der Waals surface area contributed by atoms with Gasteiger partial charge in [0.2, 0.25) is 0 Å². The van der Waals surface area contributed by atoms with Crippen LogP contribution < -0.4 is 5.73 Å². The molecule has 14 heavy (non-hydrogen) atoms. The van der Waals surface area contributed by atoms with E-state index in [0.29, 0.717) is 5.75 Å². The number of hydrogen-bond donors (Lipinski definition) is 2. The topological polar surface area (TPSA) is 63.0 Å². The third-order valence-corrected chi connectivity index (χ3v) is 2.59. The third-order valence-electron chi connectivity index (χ3n) is 1.85. The zero-order valence-electron chi connectivity index (χ0n) is 7.49. The Morgan fingerprint density at radius 1 is 1.43 bits per heavy atom. The number of nitrogens with one attached hydrogen (secondary N) is 1. The smallest absolute Gasteiger partial charge is 0.151 e. The Hall–Kier alpha value is -1.42. The van der Waals surface area contributed by atoms with Gasteiger partial charge in [-0.15, -0.1) is 0 Å². The highest BCUT2D eigenvalue weighted by atomic mass is 32.2. The van der Waals surface area contributed by atoms with Crippen LogP contribution in [0.15, 0.2) is 34.7 Å². The molecule has 2 rings (SSSR count). The van der Waals surface area contributed by atoms with Gasteiger partial charge in [0.05, 0.1) is 5.75 Å². The van der Waals surface area contributed by atoms with Gasteiger partial charge in [-0.3, -0.25) is 5.41 Å². The molecule has 1 aromatic heterocycles. The lowest BCUT2D eigenvalue weighted by Gasteiger charge is -1.93. The van der Waals surface area contributed by atoms with Gasteiger partial charge in [0.15, 0.2) is 5.17 Å². The van der Waals surface area contributed by atoms with E-state index in [0.717, 1.165) is 16.7 Å². The molecule has 0 unspecified atom stereocenters. The van der Waals surface area contributed by atoms with E-state index in [4.69, 9.17) is 15.6 Å². The average molecular weight is 206 g/mol. The summed E-state index contributed by atoms with van der Waals surface area (Å²) < 4.78 is 5.55. The Morgan fingerprint density at radius 3 is 2.93 bits per heavy atom. The fourth-order valence-electron chi connectivity index (χ4n) is 1.26. The molecule has 1 aromatic carbocycles. The predicted molar refractivity (Wildman–Crippen MR) is 59.4 cm³/mol. The molecule has 72 valence electrons. The Morgan fingerprint density at radius 2 is 2.21 bits per heavy atom. The molecule has 4 heteroatoms. The molecule has 0 aliphatic heterocycles. The van der Waals surface area contributed by atoms with Gasteiger partial charge in [0.1, 0.15) is 11.3 Å². The standard InChI is InChI=1S/C10H10N2OS/c11-10(12)14-6-8-5-7-3-1-2-4-9(7)13-8/h1-5H,6H2,(H3,11,12). The van der Waals surface area contributed by atoms with E-state index in [1.807, 2.05) is 30.3 Å². The second-order valence-corrected chi connectivity index (χ2v) is 3.92. The monoisotopic (exact) mass is 206 g/mol. The van der Waals surface area contributed by atoms with Crippen molar-refractivity contribution in [2.45, 2.75) is 5.75 Å². The van der Waals surface area contributed by atoms with Gasteiger partial charge in [-0.25, -0.2) is 0 Å². The van der Waals surface area contributed by atoms with Gasteiger partial charge in [0.25, 0.3) is 0 Å². The van der Waals surface area contributed by atoms with Gasteiger partial charge in [-0.1, -0.05) is 30.0 Å². The summed E-state index contributed by atoms with van der Waals surface area (Å²) in [5.74, 6) is 1.47. The van der Waals surface area contributed by atoms with E-state index in [2.05, 4.69) is 0 Å². The van der Waals surface area contributed by atoms with Crippen molar-refractivity contribution in [3.63, 3.8) is 0 Å². The lowest BCUT2D eigenvalue weighted by molar-refractivity contribution is 0.574. The minimum atomic E-state index is 0.116. The first kappa shape index (κ1) is 9.15. The molecule has 0 aliphatic carbocycles. The maximum atomic E-state index is 7.08. The van der Waals surface area contributed by atoms with E-state index in [1.165, 1.54) is 11.8 Å². The van der Waals surface area contributed by atoms with Crippen molar-refractivity contribution in [3.05, 3.63) is 36.1 Å². The maximum absolute atomic E-state index is 7.08. The summed E-state index contributed by atoms with van der Waals surface area (Å²) in [6.07, 6.45) is 0. The number of nitrogens with two attached hydrogens (primary N) is 1. The Balaban J connectivity index is 2.22. The highest BCUT2D eigenvalue weighted by molar-refractivity contribution is 8.13. The van der Waals surface area contributed by atoms with Gasteiger partial charge in [-0.05, 0) is 12.1 Å². The molecule has 2 aromatic rings. The number of hydrogen-bond acceptors (Lipinski definition) is 3. The van der Waals surface area contributed by atoms with Gasteiger partial charge >= 0.3 is 0 Å². The number of benzene rings is 1. The summed E-state index contributed by atoms with van der Waals surface area (Å²) in [6, 6.07) is 9.82. The minimum absolute atomic E-state index is 0.116. The number of rotatable bonds is 2. The summed E-state index contributed by atoms with van der Waals surface area (Å²) in [7, 11) is 0. The second-order valence-electron chi connectivity index (χ2n) is 2.90. The zero-order chi connectivity index (χ0) is 9.97. The first-order valence-corrected chi connectivity index (χ1v) is 5.18. The third kappa shape index (κ3) is 1.90. The quantitative estimate of drug-likeness (QED) is 0.586. The fraction of sp³-hybridized carbons (Fsp3) is 0.100. The van der Waals surface area contributed by atoms with E-state index in [1.54, 1.807) is 0 Å². The number of fused-ring (bicyclic) bond motifs is 1. The Bertz CT molecular complexity index is 431. The van der Waals surface area contributed by atoms with Crippen molar-refractivity contribution in [2.24, 2.45) is 5.73 Å². The molecule has 3 nitrogen and oxygen atoms in total. The van der Waals surface area contributed by atoms with Crippen LogP contribution in [0.3, 0.4) is 0 Å². The number of amidine groups is 1. The zero-order valence-corrected chi connectivity index (χ0v) is 8.30. The normalized spacial score (nSPS) is 10.6. The van der Waals surface area contributed by atoms with Crippen LogP contribution in [-0.4, -0.2) is 5.17 Å². The van der Waals surface area contributed by atoms with Gasteiger partial charge < -0.3 is 10.2 Å². The summed E-state index contributed by atoms with van der Waals surface area (Å²) in [6.45, 7) is 0. The van der Waals surface area contributed by atoms with Crippen LogP contribution in [0.5, 0.6) is 0 Å². The molecule has 0 fully saturated rings. The number of furan rings is 1. The molecule has 0 radical (unpaired) electrons. The predicted octanol–water partition coefficient (Wildman–Crippen LogP) is 2.56. The van der Waals surface area contributed by atoms with Gasteiger partial charge in [0, 0.05) is 5.39 Å². The lowest BCUT2D eigenvalue weighted by atomic mass is 10.2. The van der Waals surface area contributed by atoms with Crippen LogP contribution in [0.4, 0.5) is 0 Å². The van der Waals surface area contributed by atoms with Crippen molar-refractivity contribution >= 4 is 27.9 Å². The average Bonchev–Trinajstić information content (AvgIpc) is 2.57. The van der Waals surface area contributed by atoms with Gasteiger partial charge in [-0.2, -0.15) is 0 Å². The second kappa shape index (κ2) is 3.75. The van der Waals surface area contributed by atoms with Crippen molar-refractivity contribution in [2.75, 3.05) is 0 Å². The summed E-state index contributed by atoms with van der Waals surface area (Å²) in [4.78, 5) is 0. The van der Waals surface area contributed by atoms with Crippen LogP contribution in [0.2, 0.25) is 0 Å². The maximum Gasteiger partial charge on any atom is 0.151 e. The van der Waals surface area contributed by atoms with Crippen LogP contribution in [0.25, 0.3) is 11.0 Å². The van der Waals surface area contributed by atoms with Crippen LogP contribution in [-0.2, 0) is 5.75 Å². The van der Waals surface area contributed by atoms with E-state index >= 15 is 0 Å². The highest BCUT2D eigenvalue weighted by Gasteiger charge is 2.03. The van der Waals surface area contributed by atoms with Crippen molar-refractivity contribution < 1.29 is 4.42 Å². The number of thioether (sulfide) groups is 1. The molecule has 0 saturated carbocycles. The van der Waals surface area contributed by atoms with E-state index in [9.17, 15) is 0 Å². The Kier molecular flexibility index (Phi) is 2.45.